The van der Waals surface area contributed by atoms with Crippen molar-refractivity contribution in [1.29, 1.82) is 0 Å². The minimum Gasteiger partial charge on any atom is -0.478 e. The number of allylic oxidation sites excluding steroid dienone is 1. The predicted octanol–water partition coefficient (Wildman–Crippen LogP) is 4.01. The van der Waals surface area contributed by atoms with Gasteiger partial charge in [0.25, 0.3) is 0 Å². The third-order valence-corrected chi connectivity index (χ3v) is 4.43. The minimum absolute atomic E-state index is 0.104. The van der Waals surface area contributed by atoms with Crippen molar-refractivity contribution < 1.29 is 18.7 Å². The first kappa shape index (κ1) is 16.0. The van der Waals surface area contributed by atoms with Crippen LogP contribution in [0.4, 0.5) is 0 Å². The number of rotatable bonds is 3. The van der Waals surface area contributed by atoms with Gasteiger partial charge in [0.1, 0.15) is 24.0 Å². The van der Waals surface area contributed by atoms with E-state index in [-0.39, 0.29) is 5.78 Å². The average Bonchev–Trinajstić information content (AvgIpc) is 3.17. The topological polar surface area (TPSA) is 51.9 Å². The smallest absolute Gasteiger partial charge is 0.232 e. The molecule has 0 radical (unpaired) electrons. The SMILES string of the molecule is Cc1cc2c(c3c1C(=O)/C(=C/c1ccco1)O3)CN(CC(C)C)CO2. The quantitative estimate of drug-likeness (QED) is 0.791. The molecule has 0 spiro atoms. The second-order valence-electron chi connectivity index (χ2n) is 7.01. The number of hydrogen-bond acceptors (Lipinski definition) is 5. The molecule has 0 atom stereocenters. The summed E-state index contributed by atoms with van der Waals surface area (Å²) < 4.78 is 17.2. The molecule has 1 aromatic carbocycles. The molecule has 0 fully saturated rings. The number of fused-ring (bicyclic) bond motifs is 3. The molecule has 5 nitrogen and oxygen atoms in total. The highest BCUT2D eigenvalue weighted by molar-refractivity contribution is 6.15. The van der Waals surface area contributed by atoms with E-state index in [2.05, 4.69) is 18.7 Å². The van der Waals surface area contributed by atoms with Crippen molar-refractivity contribution >= 4 is 11.9 Å². The Morgan fingerprint density at radius 3 is 2.92 bits per heavy atom. The fourth-order valence-corrected chi connectivity index (χ4v) is 3.41. The number of nitrogens with zero attached hydrogens (tertiary/aromatic N) is 1. The summed E-state index contributed by atoms with van der Waals surface area (Å²) in [5.41, 5.74) is 2.45. The lowest BCUT2D eigenvalue weighted by Crippen LogP contribution is -2.35. The monoisotopic (exact) mass is 339 g/mol. The molecule has 2 aliphatic heterocycles. The standard InChI is InChI=1S/C20H21NO4/c1-12(2)9-21-10-15-16(24-11-21)7-13(3)18-19(22)17(25-20(15)18)8-14-5-4-6-23-14/h4-8,12H,9-11H2,1-3H3/b17-8-. The number of carbonyl (C=O) groups excluding carboxylic acids is 1. The number of aryl methyl sites for hydroxylation is 1. The number of hydrogen-bond donors (Lipinski definition) is 0. The van der Waals surface area contributed by atoms with Crippen LogP contribution in [0.5, 0.6) is 11.5 Å². The molecule has 0 unspecified atom stereocenters. The second kappa shape index (κ2) is 6.08. The zero-order valence-electron chi connectivity index (χ0n) is 14.7. The lowest BCUT2D eigenvalue weighted by Gasteiger charge is -2.31. The number of benzene rings is 1. The Bertz CT molecular complexity index is 849. The molecule has 4 rings (SSSR count). The van der Waals surface area contributed by atoms with E-state index in [0.29, 0.717) is 35.5 Å². The van der Waals surface area contributed by atoms with Crippen molar-refractivity contribution in [2.24, 2.45) is 5.92 Å². The van der Waals surface area contributed by atoms with Gasteiger partial charge in [-0.2, -0.15) is 0 Å². The van der Waals surface area contributed by atoms with Gasteiger partial charge in [-0.3, -0.25) is 9.69 Å². The van der Waals surface area contributed by atoms with Gasteiger partial charge in [0.05, 0.1) is 17.4 Å². The Balaban J connectivity index is 1.72. The van der Waals surface area contributed by atoms with Crippen molar-refractivity contribution in [1.82, 2.24) is 4.90 Å². The maximum absolute atomic E-state index is 12.8. The van der Waals surface area contributed by atoms with Crippen LogP contribution in [-0.2, 0) is 6.54 Å². The van der Waals surface area contributed by atoms with Crippen LogP contribution < -0.4 is 9.47 Å². The molecule has 0 bridgehead atoms. The van der Waals surface area contributed by atoms with Crippen LogP contribution in [0.2, 0.25) is 0 Å². The molecule has 0 saturated heterocycles. The van der Waals surface area contributed by atoms with E-state index in [4.69, 9.17) is 13.9 Å². The van der Waals surface area contributed by atoms with Gasteiger partial charge in [-0.1, -0.05) is 13.8 Å². The van der Waals surface area contributed by atoms with Crippen molar-refractivity contribution in [2.75, 3.05) is 13.3 Å². The summed E-state index contributed by atoms with van der Waals surface area (Å²) in [7, 11) is 0. The molecule has 0 amide bonds. The number of Topliss-reactive ketones (excluding diaryl/α,β-unsaturated/α-hetero) is 1. The number of ketones is 1. The molecule has 3 heterocycles. The van der Waals surface area contributed by atoms with Gasteiger partial charge in [-0.05, 0) is 36.6 Å². The molecule has 0 N–H and O–H groups in total. The minimum atomic E-state index is -0.104. The van der Waals surface area contributed by atoms with Crippen molar-refractivity contribution in [2.45, 2.75) is 27.3 Å². The van der Waals surface area contributed by atoms with Crippen molar-refractivity contribution in [3.63, 3.8) is 0 Å². The number of furan rings is 1. The summed E-state index contributed by atoms with van der Waals surface area (Å²) in [4.78, 5) is 15.0. The average molecular weight is 339 g/mol. The van der Waals surface area contributed by atoms with E-state index in [0.717, 1.165) is 30.0 Å². The summed E-state index contributed by atoms with van der Waals surface area (Å²) in [6, 6.07) is 5.52. The van der Waals surface area contributed by atoms with E-state index in [1.807, 2.05) is 13.0 Å². The van der Waals surface area contributed by atoms with E-state index in [1.165, 1.54) is 0 Å². The van der Waals surface area contributed by atoms with Gasteiger partial charge in [0.2, 0.25) is 5.78 Å². The molecule has 25 heavy (non-hydrogen) atoms. The summed E-state index contributed by atoms with van der Waals surface area (Å²) in [5.74, 6) is 2.77. The van der Waals surface area contributed by atoms with Crippen LogP contribution in [0.3, 0.4) is 0 Å². The van der Waals surface area contributed by atoms with Gasteiger partial charge in [-0.25, -0.2) is 0 Å². The fourth-order valence-electron chi connectivity index (χ4n) is 3.41. The first-order chi connectivity index (χ1) is 12.0. The van der Waals surface area contributed by atoms with Crippen LogP contribution in [0.25, 0.3) is 6.08 Å². The maximum Gasteiger partial charge on any atom is 0.232 e. The highest BCUT2D eigenvalue weighted by Gasteiger charge is 2.35. The summed E-state index contributed by atoms with van der Waals surface area (Å²) in [5, 5.41) is 0. The summed E-state index contributed by atoms with van der Waals surface area (Å²) in [6.07, 6.45) is 3.22. The molecule has 130 valence electrons. The number of carbonyl (C=O) groups is 1. The molecular formula is C20H21NO4. The normalized spacial score (nSPS) is 18.2. The third-order valence-electron chi connectivity index (χ3n) is 4.43. The molecule has 1 aromatic heterocycles. The largest absolute Gasteiger partial charge is 0.478 e. The van der Waals surface area contributed by atoms with Crippen LogP contribution in [0, 0.1) is 12.8 Å². The Hall–Kier alpha value is -2.53. The Labute approximate surface area is 146 Å². The third kappa shape index (κ3) is 2.85. The lowest BCUT2D eigenvalue weighted by atomic mass is 9.98. The van der Waals surface area contributed by atoms with Crippen molar-refractivity contribution in [3.05, 3.63) is 52.7 Å². The molecule has 2 aromatic rings. The molecule has 5 heteroatoms. The van der Waals surface area contributed by atoms with Crippen LogP contribution in [0.1, 0.15) is 41.1 Å². The fraction of sp³-hybridized carbons (Fsp3) is 0.350. The lowest BCUT2D eigenvalue weighted by molar-refractivity contribution is 0.0831. The first-order valence-electron chi connectivity index (χ1n) is 8.52. The highest BCUT2D eigenvalue weighted by Crippen LogP contribution is 2.44. The van der Waals surface area contributed by atoms with Gasteiger partial charge in [-0.15, -0.1) is 0 Å². The summed E-state index contributed by atoms with van der Waals surface area (Å²) >= 11 is 0. The molecule has 0 saturated carbocycles. The maximum atomic E-state index is 12.8. The van der Waals surface area contributed by atoms with E-state index >= 15 is 0 Å². The molecule has 0 aliphatic carbocycles. The van der Waals surface area contributed by atoms with Gasteiger partial charge < -0.3 is 13.9 Å². The van der Waals surface area contributed by atoms with Crippen molar-refractivity contribution in [3.8, 4) is 11.5 Å². The Morgan fingerprint density at radius 1 is 1.36 bits per heavy atom. The van der Waals surface area contributed by atoms with Gasteiger partial charge in [0, 0.05) is 19.2 Å². The predicted molar refractivity (Wildman–Crippen MR) is 93.6 cm³/mol. The van der Waals surface area contributed by atoms with Gasteiger partial charge in [0.15, 0.2) is 5.76 Å². The van der Waals surface area contributed by atoms with E-state index < -0.39 is 0 Å². The Morgan fingerprint density at radius 2 is 2.20 bits per heavy atom. The molecule has 2 aliphatic rings. The van der Waals surface area contributed by atoms with Crippen LogP contribution in [0.15, 0.2) is 34.6 Å². The zero-order chi connectivity index (χ0) is 17.6. The summed E-state index contributed by atoms with van der Waals surface area (Å²) in [6.45, 7) is 8.49. The molecular weight excluding hydrogens is 318 g/mol. The van der Waals surface area contributed by atoms with E-state index in [9.17, 15) is 4.79 Å². The van der Waals surface area contributed by atoms with E-state index in [1.54, 1.807) is 24.5 Å². The highest BCUT2D eigenvalue weighted by atomic mass is 16.5. The second-order valence-corrected chi connectivity index (χ2v) is 7.01. The van der Waals surface area contributed by atoms with Gasteiger partial charge >= 0.3 is 0 Å². The van der Waals surface area contributed by atoms with Crippen LogP contribution in [-0.4, -0.2) is 24.0 Å². The van der Waals surface area contributed by atoms with Crippen LogP contribution >= 0.6 is 0 Å². The first-order valence-corrected chi connectivity index (χ1v) is 8.52. The number of ether oxygens (including phenoxy) is 2. The Kier molecular flexibility index (Phi) is 3.88. The zero-order valence-corrected chi connectivity index (χ0v) is 14.7.